The number of furan rings is 1. The summed E-state index contributed by atoms with van der Waals surface area (Å²) in [6.45, 7) is 1.50. The van der Waals surface area contributed by atoms with Crippen LogP contribution in [0.5, 0.6) is 23.0 Å². The first kappa shape index (κ1) is 26.4. The third-order valence-electron chi connectivity index (χ3n) is 6.79. The number of benzene rings is 2. The zero-order chi connectivity index (χ0) is 27.2. The Labute approximate surface area is 226 Å². The highest BCUT2D eigenvalue weighted by molar-refractivity contribution is 5.99. The summed E-state index contributed by atoms with van der Waals surface area (Å²) in [7, 11) is 3.05. The number of amides is 2. The Kier molecular flexibility index (Phi) is 8.21. The minimum absolute atomic E-state index is 0.140. The summed E-state index contributed by atoms with van der Waals surface area (Å²) in [5.41, 5.74) is 1.21. The molecule has 1 fully saturated rings. The van der Waals surface area contributed by atoms with E-state index in [-0.39, 0.29) is 37.8 Å². The number of rotatable bonds is 11. The molecule has 5 rings (SSSR count). The Morgan fingerprint density at radius 1 is 0.974 bits per heavy atom. The lowest BCUT2D eigenvalue weighted by molar-refractivity contribution is -0.133. The molecular weight excluding hydrogens is 504 g/mol. The van der Waals surface area contributed by atoms with E-state index >= 15 is 0 Å². The molecule has 0 N–H and O–H groups in total. The number of methoxy groups -OCH3 is 2. The van der Waals surface area contributed by atoms with Crippen molar-refractivity contribution in [2.75, 3.05) is 40.7 Å². The maximum absolute atomic E-state index is 13.8. The average molecular weight is 537 g/mol. The summed E-state index contributed by atoms with van der Waals surface area (Å²) in [5.74, 6) is 2.33. The number of carbonyl (C=O) groups excluding carboxylic acids is 2. The SMILES string of the molecule is COc1ccc(C(=O)N(CC(=O)N(Cc2ccc3c(c2)OCO3)Cc2ccco2)C[C@@H]2CCCO2)c(OC)c1. The zero-order valence-corrected chi connectivity index (χ0v) is 22.1. The topological polar surface area (TPSA) is 99.9 Å². The van der Waals surface area contributed by atoms with Crippen LogP contribution in [0.15, 0.2) is 59.2 Å². The molecule has 2 aromatic carbocycles. The monoisotopic (exact) mass is 536 g/mol. The predicted molar refractivity (Wildman–Crippen MR) is 140 cm³/mol. The van der Waals surface area contributed by atoms with Gasteiger partial charge in [0.1, 0.15) is 23.8 Å². The second-order valence-electron chi connectivity index (χ2n) is 9.40. The quantitative estimate of drug-likeness (QED) is 0.364. The lowest BCUT2D eigenvalue weighted by Gasteiger charge is -2.29. The number of carbonyl (C=O) groups is 2. The third kappa shape index (κ3) is 6.28. The summed E-state index contributed by atoms with van der Waals surface area (Å²) < 4.78 is 33.0. The normalized spacial score (nSPS) is 15.7. The van der Waals surface area contributed by atoms with Gasteiger partial charge in [0.05, 0.1) is 38.7 Å². The van der Waals surface area contributed by atoms with E-state index < -0.39 is 0 Å². The molecule has 1 atom stereocenters. The molecule has 39 heavy (non-hydrogen) atoms. The molecule has 1 aromatic heterocycles. The molecule has 3 heterocycles. The molecule has 0 radical (unpaired) electrons. The van der Waals surface area contributed by atoms with E-state index in [4.69, 9.17) is 28.1 Å². The van der Waals surface area contributed by atoms with Crippen LogP contribution in [0, 0.1) is 0 Å². The molecule has 2 amide bonds. The minimum Gasteiger partial charge on any atom is -0.497 e. The predicted octanol–water partition coefficient (Wildman–Crippen LogP) is 3.88. The van der Waals surface area contributed by atoms with Crippen molar-refractivity contribution in [3.8, 4) is 23.0 Å². The molecule has 10 heteroatoms. The number of nitrogens with zero attached hydrogens (tertiary/aromatic N) is 2. The van der Waals surface area contributed by atoms with Crippen LogP contribution in [-0.2, 0) is 22.6 Å². The van der Waals surface area contributed by atoms with E-state index in [0.717, 1.165) is 18.4 Å². The van der Waals surface area contributed by atoms with Gasteiger partial charge in [0.25, 0.3) is 5.91 Å². The highest BCUT2D eigenvalue weighted by Crippen LogP contribution is 2.33. The number of fused-ring (bicyclic) bond motifs is 1. The highest BCUT2D eigenvalue weighted by Gasteiger charge is 2.29. The Morgan fingerprint density at radius 2 is 1.85 bits per heavy atom. The second-order valence-corrected chi connectivity index (χ2v) is 9.40. The van der Waals surface area contributed by atoms with Gasteiger partial charge in [-0.05, 0) is 54.8 Å². The third-order valence-corrected chi connectivity index (χ3v) is 6.79. The van der Waals surface area contributed by atoms with Gasteiger partial charge in [0.2, 0.25) is 12.7 Å². The molecule has 0 aliphatic carbocycles. The largest absolute Gasteiger partial charge is 0.497 e. The van der Waals surface area contributed by atoms with Crippen LogP contribution in [0.1, 0.15) is 34.5 Å². The van der Waals surface area contributed by atoms with Crippen molar-refractivity contribution in [3.05, 3.63) is 71.7 Å². The van der Waals surface area contributed by atoms with E-state index in [1.165, 1.54) is 12.0 Å². The molecular formula is C29H32N2O8. The fraction of sp³-hybridized carbons (Fsp3) is 0.379. The molecule has 10 nitrogen and oxygen atoms in total. The van der Waals surface area contributed by atoms with Crippen LogP contribution < -0.4 is 18.9 Å². The van der Waals surface area contributed by atoms with Gasteiger partial charge in [-0.25, -0.2) is 0 Å². The number of hydrogen-bond acceptors (Lipinski definition) is 8. The van der Waals surface area contributed by atoms with Crippen LogP contribution in [0.25, 0.3) is 0 Å². The van der Waals surface area contributed by atoms with Crippen LogP contribution in [0.3, 0.4) is 0 Å². The van der Waals surface area contributed by atoms with Crippen LogP contribution in [-0.4, -0.2) is 68.4 Å². The van der Waals surface area contributed by atoms with Gasteiger partial charge in [0, 0.05) is 25.8 Å². The molecule has 1 saturated heterocycles. The smallest absolute Gasteiger partial charge is 0.258 e. The fourth-order valence-electron chi connectivity index (χ4n) is 4.74. The van der Waals surface area contributed by atoms with Crippen molar-refractivity contribution in [2.45, 2.75) is 32.0 Å². The maximum Gasteiger partial charge on any atom is 0.258 e. The lowest BCUT2D eigenvalue weighted by atomic mass is 10.1. The summed E-state index contributed by atoms with van der Waals surface area (Å²) in [6, 6.07) is 14.2. The first-order valence-electron chi connectivity index (χ1n) is 12.9. The Bertz CT molecular complexity index is 1290. The first-order valence-corrected chi connectivity index (χ1v) is 12.9. The molecule has 2 aliphatic rings. The van der Waals surface area contributed by atoms with Gasteiger partial charge in [-0.3, -0.25) is 9.59 Å². The maximum atomic E-state index is 13.8. The van der Waals surface area contributed by atoms with Gasteiger partial charge >= 0.3 is 0 Å². The van der Waals surface area contributed by atoms with E-state index in [2.05, 4.69) is 0 Å². The summed E-state index contributed by atoms with van der Waals surface area (Å²) in [5, 5.41) is 0. The van der Waals surface area contributed by atoms with Crippen molar-refractivity contribution < 1.29 is 37.7 Å². The van der Waals surface area contributed by atoms with E-state index in [1.54, 1.807) is 42.5 Å². The molecule has 0 unspecified atom stereocenters. The standard InChI is InChI=1S/C29H32N2O8/c1-34-21-8-9-24(26(14-21)35-2)29(33)31(17-23-6-4-12-37-23)18-28(32)30(16-22-5-3-11-36-22)15-20-7-10-25-27(13-20)39-19-38-25/h3,5,7-11,13-14,23H,4,6,12,15-19H2,1-2H3/t23-/m0/s1. The van der Waals surface area contributed by atoms with Crippen molar-refractivity contribution >= 4 is 11.8 Å². The fourth-order valence-corrected chi connectivity index (χ4v) is 4.74. The van der Waals surface area contributed by atoms with Crippen molar-refractivity contribution in [1.82, 2.24) is 9.80 Å². The van der Waals surface area contributed by atoms with Gasteiger partial charge in [-0.15, -0.1) is 0 Å². The minimum atomic E-state index is -0.320. The molecule has 206 valence electrons. The highest BCUT2D eigenvalue weighted by atomic mass is 16.7. The van der Waals surface area contributed by atoms with Crippen molar-refractivity contribution in [1.29, 1.82) is 0 Å². The zero-order valence-electron chi connectivity index (χ0n) is 22.1. The molecule has 0 bridgehead atoms. The van der Waals surface area contributed by atoms with Gasteiger partial charge in [-0.2, -0.15) is 0 Å². The Morgan fingerprint density at radius 3 is 2.59 bits per heavy atom. The van der Waals surface area contributed by atoms with Gasteiger partial charge in [0.15, 0.2) is 11.5 Å². The van der Waals surface area contributed by atoms with Crippen LogP contribution >= 0.6 is 0 Å². The molecule has 0 spiro atoms. The summed E-state index contributed by atoms with van der Waals surface area (Å²) in [4.78, 5) is 30.8. The number of hydrogen-bond donors (Lipinski definition) is 0. The van der Waals surface area contributed by atoms with E-state index in [0.29, 0.717) is 54.0 Å². The average Bonchev–Trinajstić information content (AvgIpc) is 3.75. The molecule has 2 aliphatic heterocycles. The lowest BCUT2D eigenvalue weighted by Crippen LogP contribution is -2.45. The van der Waals surface area contributed by atoms with E-state index in [1.807, 2.05) is 24.3 Å². The van der Waals surface area contributed by atoms with Crippen molar-refractivity contribution in [2.24, 2.45) is 0 Å². The molecule has 0 saturated carbocycles. The Balaban J connectivity index is 1.39. The van der Waals surface area contributed by atoms with Crippen LogP contribution in [0.2, 0.25) is 0 Å². The number of ether oxygens (including phenoxy) is 5. The molecule has 3 aromatic rings. The second kappa shape index (κ2) is 12.1. The van der Waals surface area contributed by atoms with Gasteiger partial charge < -0.3 is 37.9 Å². The Hall–Kier alpha value is -4.18. The first-order chi connectivity index (χ1) is 19.0. The van der Waals surface area contributed by atoms with E-state index in [9.17, 15) is 9.59 Å². The summed E-state index contributed by atoms with van der Waals surface area (Å²) in [6.07, 6.45) is 3.17. The summed E-state index contributed by atoms with van der Waals surface area (Å²) >= 11 is 0. The van der Waals surface area contributed by atoms with Crippen molar-refractivity contribution in [3.63, 3.8) is 0 Å². The van der Waals surface area contributed by atoms with Crippen LogP contribution in [0.4, 0.5) is 0 Å². The van der Waals surface area contributed by atoms with Gasteiger partial charge in [-0.1, -0.05) is 6.07 Å².